The highest BCUT2D eigenvalue weighted by atomic mass is 32.2. The van der Waals surface area contributed by atoms with E-state index in [1.807, 2.05) is 12.1 Å². The van der Waals surface area contributed by atoms with E-state index in [-0.39, 0.29) is 22.4 Å². The molecule has 0 saturated carbocycles. The maximum atomic E-state index is 12.9. The van der Waals surface area contributed by atoms with Gasteiger partial charge in [-0.3, -0.25) is 14.4 Å². The predicted octanol–water partition coefficient (Wildman–Crippen LogP) is 4.05. The van der Waals surface area contributed by atoms with Gasteiger partial charge in [0.1, 0.15) is 11.5 Å². The average Bonchev–Trinajstić information content (AvgIpc) is 3.40. The lowest BCUT2D eigenvalue weighted by molar-refractivity contribution is 0.0914. The maximum Gasteiger partial charge on any atom is 0.261 e. The number of amides is 1. The fraction of sp³-hybridized carbons (Fsp3) is 0.320. The number of anilines is 1. The first-order valence-electron chi connectivity index (χ1n) is 11.3. The van der Waals surface area contributed by atoms with E-state index < -0.39 is 10.0 Å². The number of furan rings is 1. The Morgan fingerprint density at radius 3 is 2.50 bits per heavy atom. The third kappa shape index (κ3) is 5.78. The summed E-state index contributed by atoms with van der Waals surface area (Å²) in [5.74, 6) is 1.09. The summed E-state index contributed by atoms with van der Waals surface area (Å²) in [5.41, 5.74) is 0.674. The van der Waals surface area contributed by atoms with Gasteiger partial charge in [0, 0.05) is 17.8 Å². The number of nitrogens with zero attached hydrogens (tertiary/aromatic N) is 1. The second-order valence-corrected chi connectivity index (χ2v) is 9.88. The first-order chi connectivity index (χ1) is 16.5. The Hall–Kier alpha value is -3.30. The minimum absolute atomic E-state index is 0.00887. The molecular formula is C25H29N3O5S. The molecule has 2 N–H and O–H groups in total. The Balaban J connectivity index is 1.45. The van der Waals surface area contributed by atoms with Crippen LogP contribution in [0.25, 0.3) is 0 Å². The van der Waals surface area contributed by atoms with Gasteiger partial charge in [0.05, 0.1) is 24.3 Å². The van der Waals surface area contributed by atoms with Crippen molar-refractivity contribution < 1.29 is 22.4 Å². The Morgan fingerprint density at radius 1 is 1.06 bits per heavy atom. The molecule has 1 atom stereocenters. The van der Waals surface area contributed by atoms with Crippen LogP contribution in [0.2, 0.25) is 0 Å². The van der Waals surface area contributed by atoms with Crippen molar-refractivity contribution in [2.24, 2.45) is 0 Å². The van der Waals surface area contributed by atoms with Crippen LogP contribution in [0.5, 0.6) is 5.75 Å². The zero-order valence-corrected chi connectivity index (χ0v) is 19.9. The van der Waals surface area contributed by atoms with Crippen molar-refractivity contribution in [1.29, 1.82) is 0 Å². The Kier molecular flexibility index (Phi) is 7.54. The normalized spacial score (nSPS) is 15.4. The first kappa shape index (κ1) is 23.8. The van der Waals surface area contributed by atoms with E-state index in [4.69, 9.17) is 9.15 Å². The summed E-state index contributed by atoms with van der Waals surface area (Å²) < 4.78 is 39.0. The number of nitrogens with one attached hydrogen (secondary N) is 2. The molecule has 4 rings (SSSR count). The summed E-state index contributed by atoms with van der Waals surface area (Å²) in [6, 6.07) is 16.3. The van der Waals surface area contributed by atoms with Gasteiger partial charge in [-0.15, -0.1) is 0 Å². The van der Waals surface area contributed by atoms with E-state index in [2.05, 4.69) is 14.9 Å². The summed E-state index contributed by atoms with van der Waals surface area (Å²) in [6.45, 7) is 2.27. The standard InChI is InChI=1S/C25H29N3O5S/c1-32-21-12-10-20(11-13-21)27-34(30,31)22-8-5-7-19(17-22)25(29)26-18-23(24-9-6-16-33-24)28-14-3-2-4-15-28/h5-13,16-17,23,27H,2-4,14-15,18H2,1H3,(H,26,29)/t23-/m1/s1. The van der Waals surface area contributed by atoms with Crippen LogP contribution in [-0.2, 0) is 10.0 Å². The van der Waals surface area contributed by atoms with Crippen LogP contribution in [0.1, 0.15) is 41.4 Å². The molecule has 0 bridgehead atoms. The van der Waals surface area contributed by atoms with Gasteiger partial charge in [-0.2, -0.15) is 0 Å². The van der Waals surface area contributed by atoms with Gasteiger partial charge in [0.15, 0.2) is 0 Å². The van der Waals surface area contributed by atoms with Crippen molar-refractivity contribution in [3.05, 3.63) is 78.3 Å². The predicted molar refractivity (Wildman–Crippen MR) is 129 cm³/mol. The zero-order chi connectivity index (χ0) is 24.0. The van der Waals surface area contributed by atoms with Crippen molar-refractivity contribution >= 4 is 21.6 Å². The molecule has 0 radical (unpaired) electrons. The lowest BCUT2D eigenvalue weighted by Crippen LogP contribution is -2.40. The molecule has 1 aromatic heterocycles. The molecule has 2 heterocycles. The smallest absolute Gasteiger partial charge is 0.261 e. The number of carbonyl (C=O) groups excluding carboxylic acids is 1. The molecule has 34 heavy (non-hydrogen) atoms. The highest BCUT2D eigenvalue weighted by Crippen LogP contribution is 2.25. The fourth-order valence-electron chi connectivity index (χ4n) is 4.09. The molecule has 1 aliphatic rings. The van der Waals surface area contributed by atoms with Crippen LogP contribution in [0.3, 0.4) is 0 Å². The lowest BCUT2D eigenvalue weighted by atomic mass is 10.1. The van der Waals surface area contributed by atoms with E-state index in [9.17, 15) is 13.2 Å². The number of methoxy groups -OCH3 is 1. The van der Waals surface area contributed by atoms with E-state index in [1.54, 1.807) is 49.8 Å². The average molecular weight is 484 g/mol. The van der Waals surface area contributed by atoms with Crippen molar-refractivity contribution in [2.45, 2.75) is 30.2 Å². The SMILES string of the molecule is COc1ccc(NS(=O)(=O)c2cccc(C(=O)NC[C@H](c3ccco3)N3CCCCC3)c2)cc1. The molecule has 3 aromatic rings. The second-order valence-electron chi connectivity index (χ2n) is 8.20. The molecule has 1 amide bonds. The number of rotatable bonds is 9. The fourth-order valence-corrected chi connectivity index (χ4v) is 5.19. The lowest BCUT2D eigenvalue weighted by Gasteiger charge is -2.33. The van der Waals surface area contributed by atoms with Gasteiger partial charge >= 0.3 is 0 Å². The summed E-state index contributed by atoms with van der Waals surface area (Å²) in [5, 5.41) is 2.96. The molecule has 9 heteroatoms. The van der Waals surface area contributed by atoms with Crippen molar-refractivity contribution in [3.63, 3.8) is 0 Å². The van der Waals surface area contributed by atoms with Crippen molar-refractivity contribution in [2.75, 3.05) is 31.5 Å². The minimum atomic E-state index is -3.87. The number of hydrogen-bond donors (Lipinski definition) is 2. The number of sulfonamides is 1. The number of hydrogen-bond acceptors (Lipinski definition) is 6. The number of benzene rings is 2. The van der Waals surface area contributed by atoms with Gasteiger partial charge < -0.3 is 14.5 Å². The monoisotopic (exact) mass is 483 g/mol. The highest BCUT2D eigenvalue weighted by molar-refractivity contribution is 7.92. The Morgan fingerprint density at radius 2 is 1.82 bits per heavy atom. The molecule has 0 unspecified atom stereocenters. The molecule has 0 spiro atoms. The van der Waals surface area contributed by atoms with Gasteiger partial charge in [-0.05, 0) is 80.5 Å². The van der Waals surface area contributed by atoms with Crippen LogP contribution in [0, 0.1) is 0 Å². The number of carbonyl (C=O) groups is 1. The minimum Gasteiger partial charge on any atom is -0.497 e. The largest absolute Gasteiger partial charge is 0.497 e. The molecule has 1 saturated heterocycles. The highest BCUT2D eigenvalue weighted by Gasteiger charge is 2.25. The molecule has 8 nitrogen and oxygen atoms in total. The van der Waals surface area contributed by atoms with Gasteiger partial charge in [-0.25, -0.2) is 8.42 Å². The quantitative estimate of drug-likeness (QED) is 0.476. The summed E-state index contributed by atoms with van der Waals surface area (Å²) in [6.07, 6.45) is 5.08. The summed E-state index contributed by atoms with van der Waals surface area (Å²) in [4.78, 5) is 15.3. The van der Waals surface area contributed by atoms with Gasteiger partial charge in [0.2, 0.25) is 0 Å². The Bertz CT molecular complexity index is 1190. The zero-order valence-electron chi connectivity index (χ0n) is 19.1. The number of likely N-dealkylation sites (tertiary alicyclic amines) is 1. The first-order valence-corrected chi connectivity index (χ1v) is 12.8. The Labute approximate surface area is 200 Å². The van der Waals surface area contributed by atoms with E-state index in [0.717, 1.165) is 31.7 Å². The summed E-state index contributed by atoms with van der Waals surface area (Å²) in [7, 11) is -2.33. The third-order valence-corrected chi connectivity index (χ3v) is 7.29. The number of piperidine rings is 1. The second kappa shape index (κ2) is 10.8. The van der Waals surface area contributed by atoms with E-state index >= 15 is 0 Å². The molecular weight excluding hydrogens is 454 g/mol. The maximum absolute atomic E-state index is 12.9. The van der Waals surface area contributed by atoms with E-state index in [1.165, 1.54) is 18.6 Å². The van der Waals surface area contributed by atoms with E-state index in [0.29, 0.717) is 18.0 Å². The van der Waals surface area contributed by atoms with Gasteiger partial charge in [-0.1, -0.05) is 12.5 Å². The van der Waals surface area contributed by atoms with Crippen LogP contribution in [-0.4, -0.2) is 46.0 Å². The molecule has 1 fully saturated rings. The molecule has 2 aromatic carbocycles. The molecule has 180 valence electrons. The van der Waals surface area contributed by atoms with Crippen molar-refractivity contribution in [1.82, 2.24) is 10.2 Å². The topological polar surface area (TPSA) is 101 Å². The number of ether oxygens (including phenoxy) is 1. The molecule has 1 aliphatic heterocycles. The third-order valence-electron chi connectivity index (χ3n) is 5.91. The van der Waals surface area contributed by atoms with Crippen molar-refractivity contribution in [3.8, 4) is 5.75 Å². The van der Waals surface area contributed by atoms with Crippen LogP contribution < -0.4 is 14.8 Å². The summed E-state index contributed by atoms with van der Waals surface area (Å²) >= 11 is 0. The van der Waals surface area contributed by atoms with Crippen LogP contribution in [0.15, 0.2) is 76.2 Å². The molecule has 0 aliphatic carbocycles. The van der Waals surface area contributed by atoms with Gasteiger partial charge in [0.25, 0.3) is 15.9 Å². The van der Waals surface area contributed by atoms with Crippen LogP contribution >= 0.6 is 0 Å². The van der Waals surface area contributed by atoms with Crippen LogP contribution in [0.4, 0.5) is 5.69 Å².